The van der Waals surface area contributed by atoms with Gasteiger partial charge in [-0.2, -0.15) is 0 Å². The van der Waals surface area contributed by atoms with Crippen molar-refractivity contribution in [1.29, 1.82) is 0 Å². The molecule has 3 heteroatoms. The van der Waals surface area contributed by atoms with Crippen molar-refractivity contribution < 1.29 is 9.18 Å². The molecule has 1 nitrogen and oxygen atoms in total. The Hall–Kier alpha value is -0.890. The van der Waals surface area contributed by atoms with Crippen LogP contribution >= 0.6 is 11.6 Å². The Morgan fingerprint density at radius 2 is 2.33 bits per heavy atom. The summed E-state index contributed by atoms with van der Waals surface area (Å²) in [6.07, 6.45) is 1.02. The lowest BCUT2D eigenvalue weighted by Gasteiger charge is -2.01. The van der Waals surface area contributed by atoms with Gasteiger partial charge >= 0.3 is 0 Å². The van der Waals surface area contributed by atoms with Gasteiger partial charge in [-0.3, -0.25) is 0 Å². The molecule has 0 aromatic heterocycles. The summed E-state index contributed by atoms with van der Waals surface area (Å²) >= 11 is 5.56. The number of benzene rings is 1. The van der Waals surface area contributed by atoms with Crippen molar-refractivity contribution in [1.82, 2.24) is 0 Å². The minimum atomic E-state index is -0.563. The first-order valence-electron chi connectivity index (χ1n) is 3.56. The summed E-state index contributed by atoms with van der Waals surface area (Å²) in [4.78, 5) is 10.2. The molecule has 12 heavy (non-hydrogen) atoms. The average Bonchev–Trinajstić information content (AvgIpc) is 2.04. The molecule has 1 atom stereocenters. The van der Waals surface area contributed by atoms with Gasteiger partial charge in [0.05, 0.1) is 5.38 Å². The molecule has 0 aliphatic heterocycles. The zero-order valence-electron chi connectivity index (χ0n) is 6.34. The van der Waals surface area contributed by atoms with Crippen LogP contribution in [0.2, 0.25) is 0 Å². The second-order valence-corrected chi connectivity index (χ2v) is 3.05. The number of halogens is 2. The molecule has 0 aliphatic carbocycles. The normalized spacial score (nSPS) is 12.5. The van der Waals surface area contributed by atoms with E-state index in [-0.39, 0.29) is 5.82 Å². The fourth-order valence-electron chi connectivity index (χ4n) is 0.937. The average molecular weight is 187 g/mol. The maximum atomic E-state index is 12.6. The highest BCUT2D eigenvalue weighted by Crippen LogP contribution is 2.08. The van der Waals surface area contributed by atoms with E-state index in [0.717, 1.165) is 5.56 Å². The summed E-state index contributed by atoms with van der Waals surface area (Å²) in [5.41, 5.74) is 0.738. The summed E-state index contributed by atoms with van der Waals surface area (Å²) in [6.45, 7) is 0. The molecule has 0 spiro atoms. The van der Waals surface area contributed by atoms with Crippen molar-refractivity contribution in [2.24, 2.45) is 0 Å². The van der Waals surface area contributed by atoms with E-state index in [2.05, 4.69) is 0 Å². The van der Waals surface area contributed by atoms with E-state index >= 15 is 0 Å². The van der Waals surface area contributed by atoms with Crippen molar-refractivity contribution in [3.8, 4) is 0 Å². The van der Waals surface area contributed by atoms with Crippen LogP contribution < -0.4 is 0 Å². The number of carbonyl (C=O) groups excluding carboxylic acids is 1. The summed E-state index contributed by atoms with van der Waals surface area (Å²) in [6, 6.07) is 6.06. The first-order chi connectivity index (χ1) is 5.72. The molecule has 1 aromatic carbocycles. The highest BCUT2D eigenvalue weighted by Gasteiger charge is 2.03. The number of aldehydes is 1. The molecule has 0 heterocycles. The van der Waals surface area contributed by atoms with Crippen molar-refractivity contribution in [2.75, 3.05) is 0 Å². The fourth-order valence-corrected chi connectivity index (χ4v) is 1.12. The van der Waals surface area contributed by atoms with Gasteiger partial charge in [0.2, 0.25) is 0 Å². The molecular formula is C9H8ClFO. The molecule has 0 bridgehead atoms. The highest BCUT2D eigenvalue weighted by atomic mass is 35.5. The Kier molecular flexibility index (Phi) is 3.23. The third-order valence-corrected chi connectivity index (χ3v) is 1.72. The van der Waals surface area contributed by atoms with Crippen LogP contribution in [0.25, 0.3) is 0 Å². The fraction of sp³-hybridized carbons (Fsp3) is 0.222. The summed E-state index contributed by atoms with van der Waals surface area (Å²) in [5.74, 6) is -0.303. The Bertz CT molecular complexity index is 275. The Morgan fingerprint density at radius 3 is 2.92 bits per heavy atom. The quantitative estimate of drug-likeness (QED) is 0.522. The van der Waals surface area contributed by atoms with E-state index in [9.17, 15) is 9.18 Å². The van der Waals surface area contributed by atoms with Crippen molar-refractivity contribution in [3.05, 3.63) is 35.6 Å². The first kappa shape index (κ1) is 9.20. The lowest BCUT2D eigenvalue weighted by molar-refractivity contribution is -0.107. The van der Waals surface area contributed by atoms with Gasteiger partial charge in [-0.25, -0.2) is 4.39 Å². The van der Waals surface area contributed by atoms with Crippen LogP contribution in [0.3, 0.4) is 0 Å². The van der Waals surface area contributed by atoms with Gasteiger partial charge in [0.1, 0.15) is 12.1 Å². The van der Waals surface area contributed by atoms with E-state index in [1.165, 1.54) is 12.1 Å². The second kappa shape index (κ2) is 4.21. The minimum Gasteiger partial charge on any atom is -0.302 e. The largest absolute Gasteiger partial charge is 0.302 e. The zero-order chi connectivity index (χ0) is 8.97. The number of alkyl halides is 1. The van der Waals surface area contributed by atoms with Crippen LogP contribution in [0.4, 0.5) is 4.39 Å². The summed E-state index contributed by atoms with van der Waals surface area (Å²) in [5, 5.41) is -0.563. The van der Waals surface area contributed by atoms with E-state index in [1.807, 2.05) is 0 Å². The van der Waals surface area contributed by atoms with Crippen LogP contribution in [0.1, 0.15) is 5.56 Å². The van der Waals surface area contributed by atoms with Crippen molar-refractivity contribution in [3.63, 3.8) is 0 Å². The Labute approximate surface area is 75.2 Å². The number of hydrogen-bond donors (Lipinski definition) is 0. The molecule has 0 amide bonds. The monoisotopic (exact) mass is 186 g/mol. The third-order valence-electron chi connectivity index (χ3n) is 1.47. The lowest BCUT2D eigenvalue weighted by atomic mass is 10.1. The molecule has 0 fully saturated rings. The molecule has 1 rings (SSSR count). The second-order valence-electron chi connectivity index (χ2n) is 2.49. The van der Waals surface area contributed by atoms with Gasteiger partial charge in [-0.1, -0.05) is 12.1 Å². The summed E-state index contributed by atoms with van der Waals surface area (Å²) < 4.78 is 12.6. The van der Waals surface area contributed by atoms with Crippen molar-refractivity contribution in [2.45, 2.75) is 11.8 Å². The maximum absolute atomic E-state index is 12.6. The first-order valence-corrected chi connectivity index (χ1v) is 4.00. The zero-order valence-corrected chi connectivity index (χ0v) is 7.09. The topological polar surface area (TPSA) is 17.1 Å². The SMILES string of the molecule is O=CC(Cl)Cc1cccc(F)c1. The van der Waals surface area contributed by atoms with Crippen LogP contribution in [-0.2, 0) is 11.2 Å². The summed E-state index contributed by atoms with van der Waals surface area (Å²) in [7, 11) is 0. The molecule has 64 valence electrons. The third kappa shape index (κ3) is 2.62. The molecular weight excluding hydrogens is 179 g/mol. The van der Waals surface area contributed by atoms with Crippen LogP contribution in [0, 0.1) is 5.82 Å². The van der Waals surface area contributed by atoms with Crippen LogP contribution in [-0.4, -0.2) is 11.7 Å². The van der Waals surface area contributed by atoms with Gasteiger partial charge in [0.25, 0.3) is 0 Å². The Morgan fingerprint density at radius 1 is 1.58 bits per heavy atom. The van der Waals surface area contributed by atoms with E-state index < -0.39 is 5.38 Å². The van der Waals surface area contributed by atoms with Gasteiger partial charge in [0, 0.05) is 0 Å². The van der Waals surface area contributed by atoms with Crippen molar-refractivity contribution >= 4 is 17.9 Å². The predicted molar refractivity (Wildman–Crippen MR) is 45.8 cm³/mol. The van der Waals surface area contributed by atoms with E-state index in [0.29, 0.717) is 12.7 Å². The number of carbonyl (C=O) groups is 1. The Balaban J connectivity index is 2.69. The number of hydrogen-bond acceptors (Lipinski definition) is 1. The van der Waals surface area contributed by atoms with Gasteiger partial charge in [-0.05, 0) is 24.1 Å². The smallest absolute Gasteiger partial charge is 0.138 e. The van der Waals surface area contributed by atoms with E-state index in [4.69, 9.17) is 11.6 Å². The molecule has 0 saturated heterocycles. The molecule has 1 aromatic rings. The molecule has 1 unspecified atom stereocenters. The maximum Gasteiger partial charge on any atom is 0.138 e. The van der Waals surface area contributed by atoms with Gasteiger partial charge < -0.3 is 4.79 Å². The molecule has 0 saturated carbocycles. The minimum absolute atomic E-state index is 0.303. The van der Waals surface area contributed by atoms with Crippen LogP contribution in [0.15, 0.2) is 24.3 Å². The van der Waals surface area contributed by atoms with Gasteiger partial charge in [0.15, 0.2) is 0 Å². The number of rotatable bonds is 3. The van der Waals surface area contributed by atoms with Gasteiger partial charge in [-0.15, -0.1) is 11.6 Å². The standard InChI is InChI=1S/C9H8ClFO/c10-8(6-12)4-7-2-1-3-9(11)5-7/h1-3,5-6,8H,4H2. The molecule has 0 aliphatic rings. The highest BCUT2D eigenvalue weighted by molar-refractivity contribution is 6.27. The predicted octanol–water partition coefficient (Wildman–Crippen LogP) is 2.17. The molecule has 0 N–H and O–H groups in total. The van der Waals surface area contributed by atoms with Crippen LogP contribution in [0.5, 0.6) is 0 Å². The van der Waals surface area contributed by atoms with E-state index in [1.54, 1.807) is 12.1 Å². The molecule has 0 radical (unpaired) electrons. The lowest BCUT2D eigenvalue weighted by Crippen LogP contribution is -2.04.